The lowest BCUT2D eigenvalue weighted by atomic mass is 10.2. The molecule has 1 N–H and O–H groups in total. The Kier molecular flexibility index (Phi) is 4.60. The average Bonchev–Trinajstić information content (AvgIpc) is 3.25. The molecule has 0 unspecified atom stereocenters. The van der Waals surface area contributed by atoms with E-state index in [1.807, 2.05) is 26.0 Å². The van der Waals surface area contributed by atoms with Crippen LogP contribution in [0, 0.1) is 5.92 Å². The largest absolute Gasteiger partial charge is 0.484 e. The van der Waals surface area contributed by atoms with Crippen LogP contribution in [0.15, 0.2) is 28.8 Å². The molecule has 1 fully saturated rings. The first-order chi connectivity index (χ1) is 11.1. The second-order valence-corrected chi connectivity index (χ2v) is 6.17. The Hall–Kier alpha value is -2.37. The van der Waals surface area contributed by atoms with E-state index < -0.39 is 0 Å². The van der Waals surface area contributed by atoms with Crippen molar-refractivity contribution in [1.29, 1.82) is 0 Å². The van der Waals surface area contributed by atoms with E-state index in [1.54, 1.807) is 12.1 Å². The number of amides is 1. The normalized spacial score (nSPS) is 14.0. The highest BCUT2D eigenvalue weighted by Gasteiger charge is 2.21. The Morgan fingerprint density at radius 1 is 1.35 bits per heavy atom. The summed E-state index contributed by atoms with van der Waals surface area (Å²) in [6.07, 6.45) is 2.44. The van der Waals surface area contributed by atoms with Crippen LogP contribution in [-0.4, -0.2) is 29.2 Å². The van der Waals surface area contributed by atoms with Crippen LogP contribution in [0.2, 0.25) is 0 Å². The van der Waals surface area contributed by atoms with Gasteiger partial charge in [0.05, 0.1) is 0 Å². The standard InChI is InChI=1S/C17H21N3O3/c1-11(2)16-19-17(23-20-16)13-5-7-14(8-6-13)22-10-15(21)18-9-12-3-4-12/h5-8,11-12H,3-4,9-10H2,1-2H3,(H,18,21). The molecule has 1 aromatic carbocycles. The molecule has 6 nitrogen and oxygen atoms in total. The van der Waals surface area contributed by atoms with Gasteiger partial charge in [0.2, 0.25) is 0 Å². The summed E-state index contributed by atoms with van der Waals surface area (Å²) in [6, 6.07) is 7.27. The number of aromatic nitrogens is 2. The Labute approximate surface area is 135 Å². The van der Waals surface area contributed by atoms with E-state index in [0.29, 0.717) is 23.4 Å². The number of carbonyl (C=O) groups is 1. The molecule has 1 aromatic heterocycles. The number of carbonyl (C=O) groups excluding carboxylic acids is 1. The molecule has 0 radical (unpaired) electrons. The quantitative estimate of drug-likeness (QED) is 0.850. The van der Waals surface area contributed by atoms with Gasteiger partial charge in [-0.1, -0.05) is 19.0 Å². The molecule has 0 atom stereocenters. The predicted octanol–water partition coefficient (Wildman–Crippen LogP) is 2.77. The zero-order valence-corrected chi connectivity index (χ0v) is 13.4. The van der Waals surface area contributed by atoms with Gasteiger partial charge < -0.3 is 14.6 Å². The second kappa shape index (κ2) is 6.81. The van der Waals surface area contributed by atoms with Crippen molar-refractivity contribution in [2.75, 3.05) is 13.2 Å². The number of nitrogens with zero attached hydrogens (tertiary/aromatic N) is 2. The molecule has 0 bridgehead atoms. The fourth-order valence-electron chi connectivity index (χ4n) is 2.06. The molecule has 2 aromatic rings. The van der Waals surface area contributed by atoms with Crippen molar-refractivity contribution in [2.45, 2.75) is 32.6 Å². The molecule has 3 rings (SSSR count). The molecule has 1 saturated carbocycles. The Bertz CT molecular complexity index is 660. The van der Waals surface area contributed by atoms with E-state index in [4.69, 9.17) is 9.26 Å². The van der Waals surface area contributed by atoms with Gasteiger partial charge in [0.1, 0.15) is 5.75 Å². The number of hydrogen-bond acceptors (Lipinski definition) is 5. The molecule has 6 heteroatoms. The number of benzene rings is 1. The van der Waals surface area contributed by atoms with Crippen molar-refractivity contribution in [3.8, 4) is 17.2 Å². The van der Waals surface area contributed by atoms with E-state index in [1.165, 1.54) is 12.8 Å². The monoisotopic (exact) mass is 315 g/mol. The summed E-state index contributed by atoms with van der Waals surface area (Å²) in [7, 11) is 0. The fraction of sp³-hybridized carbons (Fsp3) is 0.471. The third-order valence-electron chi connectivity index (χ3n) is 3.71. The first-order valence-electron chi connectivity index (χ1n) is 7.95. The lowest BCUT2D eigenvalue weighted by Gasteiger charge is -2.07. The summed E-state index contributed by atoms with van der Waals surface area (Å²) in [5, 5.41) is 6.81. The van der Waals surface area contributed by atoms with Crippen LogP contribution in [0.3, 0.4) is 0 Å². The van der Waals surface area contributed by atoms with Crippen molar-refractivity contribution in [3.63, 3.8) is 0 Å². The van der Waals surface area contributed by atoms with Crippen LogP contribution in [0.4, 0.5) is 0 Å². The van der Waals surface area contributed by atoms with Crippen molar-refractivity contribution < 1.29 is 14.1 Å². The molecule has 1 heterocycles. The van der Waals surface area contributed by atoms with E-state index in [0.717, 1.165) is 12.1 Å². The summed E-state index contributed by atoms with van der Waals surface area (Å²) in [6.45, 7) is 4.82. The van der Waals surface area contributed by atoms with Gasteiger partial charge in [0.15, 0.2) is 12.4 Å². The summed E-state index contributed by atoms with van der Waals surface area (Å²) in [5.74, 6) is 2.63. The van der Waals surface area contributed by atoms with Crippen LogP contribution in [0.1, 0.15) is 38.4 Å². The Balaban J connectivity index is 1.52. The first kappa shape index (κ1) is 15.5. The first-order valence-corrected chi connectivity index (χ1v) is 7.95. The molecular weight excluding hydrogens is 294 g/mol. The van der Waals surface area contributed by atoms with Crippen molar-refractivity contribution in [3.05, 3.63) is 30.1 Å². The van der Waals surface area contributed by atoms with Crippen LogP contribution < -0.4 is 10.1 Å². The van der Waals surface area contributed by atoms with Crippen LogP contribution in [0.5, 0.6) is 5.75 Å². The molecule has 1 amide bonds. The third kappa shape index (κ3) is 4.31. The molecule has 0 spiro atoms. The summed E-state index contributed by atoms with van der Waals surface area (Å²) in [4.78, 5) is 16.0. The number of ether oxygens (including phenoxy) is 1. The third-order valence-corrected chi connectivity index (χ3v) is 3.71. The predicted molar refractivity (Wildman–Crippen MR) is 85.1 cm³/mol. The Morgan fingerprint density at radius 2 is 2.09 bits per heavy atom. The summed E-state index contributed by atoms with van der Waals surface area (Å²) in [5.41, 5.74) is 0.829. The van der Waals surface area contributed by atoms with Gasteiger partial charge in [-0.25, -0.2) is 0 Å². The lowest BCUT2D eigenvalue weighted by Crippen LogP contribution is -2.30. The van der Waals surface area contributed by atoms with Gasteiger partial charge in [-0.2, -0.15) is 4.98 Å². The highest BCUT2D eigenvalue weighted by atomic mass is 16.5. The minimum Gasteiger partial charge on any atom is -0.484 e. The molecule has 0 aliphatic heterocycles. The minimum absolute atomic E-state index is 0.0319. The smallest absolute Gasteiger partial charge is 0.257 e. The van der Waals surface area contributed by atoms with Crippen molar-refractivity contribution in [2.24, 2.45) is 5.92 Å². The van der Waals surface area contributed by atoms with Gasteiger partial charge in [-0.3, -0.25) is 4.79 Å². The maximum atomic E-state index is 11.6. The van der Waals surface area contributed by atoms with Gasteiger partial charge in [-0.05, 0) is 43.0 Å². The summed E-state index contributed by atoms with van der Waals surface area (Å²) >= 11 is 0. The van der Waals surface area contributed by atoms with Gasteiger partial charge in [0, 0.05) is 18.0 Å². The van der Waals surface area contributed by atoms with Crippen molar-refractivity contribution >= 4 is 5.91 Å². The highest BCUT2D eigenvalue weighted by molar-refractivity contribution is 5.77. The fourth-order valence-corrected chi connectivity index (χ4v) is 2.06. The topological polar surface area (TPSA) is 77.2 Å². The molecule has 1 aliphatic rings. The molecule has 1 aliphatic carbocycles. The van der Waals surface area contributed by atoms with E-state index in [9.17, 15) is 4.79 Å². The van der Waals surface area contributed by atoms with Crippen LogP contribution >= 0.6 is 0 Å². The highest BCUT2D eigenvalue weighted by Crippen LogP contribution is 2.27. The number of hydrogen-bond donors (Lipinski definition) is 1. The van der Waals surface area contributed by atoms with Gasteiger partial charge in [-0.15, -0.1) is 0 Å². The van der Waals surface area contributed by atoms with Crippen LogP contribution in [-0.2, 0) is 4.79 Å². The maximum absolute atomic E-state index is 11.6. The van der Waals surface area contributed by atoms with Crippen LogP contribution in [0.25, 0.3) is 11.5 Å². The Morgan fingerprint density at radius 3 is 2.70 bits per heavy atom. The summed E-state index contributed by atoms with van der Waals surface area (Å²) < 4.78 is 10.7. The maximum Gasteiger partial charge on any atom is 0.257 e. The van der Waals surface area contributed by atoms with Gasteiger partial charge in [0.25, 0.3) is 11.8 Å². The second-order valence-electron chi connectivity index (χ2n) is 6.17. The van der Waals surface area contributed by atoms with E-state index in [-0.39, 0.29) is 18.4 Å². The average molecular weight is 315 g/mol. The zero-order valence-electron chi connectivity index (χ0n) is 13.4. The molecule has 122 valence electrons. The van der Waals surface area contributed by atoms with Crippen molar-refractivity contribution in [1.82, 2.24) is 15.5 Å². The lowest BCUT2D eigenvalue weighted by molar-refractivity contribution is -0.123. The zero-order chi connectivity index (χ0) is 16.2. The number of nitrogens with one attached hydrogen (secondary N) is 1. The van der Waals surface area contributed by atoms with E-state index in [2.05, 4.69) is 15.5 Å². The SMILES string of the molecule is CC(C)c1noc(-c2ccc(OCC(=O)NCC3CC3)cc2)n1. The molecule has 23 heavy (non-hydrogen) atoms. The van der Waals surface area contributed by atoms with E-state index >= 15 is 0 Å². The minimum atomic E-state index is -0.0838. The number of rotatable bonds is 7. The van der Waals surface area contributed by atoms with Gasteiger partial charge >= 0.3 is 0 Å². The molecule has 0 saturated heterocycles. The molecular formula is C17H21N3O3.